The highest BCUT2D eigenvalue weighted by atomic mass is 16.6. The lowest BCUT2D eigenvalue weighted by atomic mass is 10.0. The lowest BCUT2D eigenvalue weighted by Crippen LogP contribution is -2.57. The van der Waals surface area contributed by atoms with Crippen molar-refractivity contribution in [1.29, 1.82) is 0 Å². The summed E-state index contributed by atoms with van der Waals surface area (Å²) in [5.74, 6) is -1.97. The number of ether oxygens (including phenoxy) is 2. The van der Waals surface area contributed by atoms with Crippen molar-refractivity contribution in [2.75, 3.05) is 11.9 Å². The second-order valence-electron chi connectivity index (χ2n) is 12.9. The van der Waals surface area contributed by atoms with Gasteiger partial charge in [-0.2, -0.15) is 0 Å². The lowest BCUT2D eigenvalue weighted by Gasteiger charge is -2.27. The third-order valence-electron chi connectivity index (χ3n) is 6.00. The van der Waals surface area contributed by atoms with E-state index in [0.717, 1.165) is 0 Å². The fraction of sp³-hybridized carbons (Fsp3) is 0.645. The van der Waals surface area contributed by atoms with E-state index in [9.17, 15) is 29.1 Å². The van der Waals surface area contributed by atoms with Crippen LogP contribution < -0.4 is 26.6 Å². The van der Waals surface area contributed by atoms with Gasteiger partial charge in [-0.05, 0) is 91.3 Å². The van der Waals surface area contributed by atoms with E-state index >= 15 is 0 Å². The molecule has 5 amide bonds. The number of hydrogen-bond acceptors (Lipinski definition) is 8. The number of unbranched alkanes of at least 4 members (excludes halogenated alkanes) is 1. The molecule has 1 unspecified atom stereocenters. The summed E-state index contributed by atoms with van der Waals surface area (Å²) in [5, 5.41) is 22.5. The number of carbonyl (C=O) groups is 5. The molecule has 0 spiro atoms. The molecule has 13 nitrogen and oxygen atoms in total. The Kier molecular flexibility index (Phi) is 15.1. The molecule has 0 fully saturated rings. The number of hydrogen-bond donors (Lipinski definition) is 6. The monoisotopic (exact) mass is 621 g/mol. The van der Waals surface area contributed by atoms with E-state index in [-0.39, 0.29) is 18.9 Å². The number of anilines is 1. The minimum absolute atomic E-state index is 0.123. The van der Waals surface area contributed by atoms with Crippen molar-refractivity contribution in [2.24, 2.45) is 5.92 Å². The Labute approximate surface area is 260 Å². The molecule has 1 aromatic carbocycles. The zero-order valence-electron chi connectivity index (χ0n) is 27.5. The van der Waals surface area contributed by atoms with Gasteiger partial charge in [-0.3, -0.25) is 14.4 Å². The minimum Gasteiger partial charge on any atom is -0.444 e. The average molecular weight is 622 g/mol. The molecule has 44 heavy (non-hydrogen) atoms. The molecule has 6 N–H and O–H groups in total. The van der Waals surface area contributed by atoms with Crippen LogP contribution >= 0.6 is 0 Å². The van der Waals surface area contributed by atoms with Crippen LogP contribution in [0.3, 0.4) is 0 Å². The largest absolute Gasteiger partial charge is 0.444 e. The maximum atomic E-state index is 13.4. The lowest BCUT2D eigenvalue weighted by molar-refractivity contribution is -0.132. The molecule has 1 rings (SSSR count). The van der Waals surface area contributed by atoms with Crippen LogP contribution in [0.1, 0.15) is 87.1 Å². The molecule has 0 aliphatic heterocycles. The summed E-state index contributed by atoms with van der Waals surface area (Å²) in [7, 11) is 0. The van der Waals surface area contributed by atoms with Gasteiger partial charge in [-0.25, -0.2) is 9.59 Å². The van der Waals surface area contributed by atoms with Crippen molar-refractivity contribution < 1.29 is 38.6 Å². The molecule has 0 radical (unpaired) electrons. The second-order valence-corrected chi connectivity index (χ2v) is 12.9. The topological polar surface area (TPSA) is 184 Å². The van der Waals surface area contributed by atoms with Crippen molar-refractivity contribution in [1.82, 2.24) is 21.3 Å². The average Bonchev–Trinajstić information content (AvgIpc) is 2.88. The van der Waals surface area contributed by atoms with E-state index in [1.165, 1.54) is 6.92 Å². The first-order chi connectivity index (χ1) is 20.3. The van der Waals surface area contributed by atoms with Crippen molar-refractivity contribution in [3.63, 3.8) is 0 Å². The van der Waals surface area contributed by atoms with E-state index < -0.39 is 59.2 Å². The van der Waals surface area contributed by atoms with E-state index in [4.69, 9.17) is 9.47 Å². The van der Waals surface area contributed by atoms with Crippen LogP contribution in [0, 0.1) is 5.92 Å². The highest BCUT2D eigenvalue weighted by Crippen LogP contribution is 2.12. The number of rotatable bonds is 14. The molecule has 0 aliphatic rings. The molecular weight excluding hydrogens is 570 g/mol. The summed E-state index contributed by atoms with van der Waals surface area (Å²) in [6, 6.07) is 3.67. The van der Waals surface area contributed by atoms with E-state index in [2.05, 4.69) is 26.6 Å². The maximum absolute atomic E-state index is 13.4. The molecule has 3 atom stereocenters. The van der Waals surface area contributed by atoms with E-state index in [1.54, 1.807) is 79.7 Å². The van der Waals surface area contributed by atoms with Crippen LogP contribution in [0.4, 0.5) is 15.3 Å². The van der Waals surface area contributed by atoms with Crippen LogP contribution in [0.25, 0.3) is 0 Å². The van der Waals surface area contributed by atoms with Gasteiger partial charge >= 0.3 is 12.2 Å². The molecule has 0 saturated carbocycles. The van der Waals surface area contributed by atoms with Gasteiger partial charge in [-0.1, -0.05) is 26.0 Å². The van der Waals surface area contributed by atoms with Gasteiger partial charge in [0.25, 0.3) is 0 Å². The first-order valence-corrected chi connectivity index (χ1v) is 14.9. The zero-order valence-corrected chi connectivity index (χ0v) is 27.5. The van der Waals surface area contributed by atoms with Gasteiger partial charge in [0, 0.05) is 12.2 Å². The molecule has 0 bridgehead atoms. The van der Waals surface area contributed by atoms with Gasteiger partial charge in [0.1, 0.15) is 29.3 Å². The highest BCUT2D eigenvalue weighted by Gasteiger charge is 2.31. The number of nitrogens with one attached hydrogen (secondary N) is 5. The van der Waals surface area contributed by atoms with Gasteiger partial charge in [0.15, 0.2) is 0 Å². The Morgan fingerprint density at radius 3 is 1.84 bits per heavy atom. The van der Waals surface area contributed by atoms with E-state index in [1.807, 2.05) is 0 Å². The fourth-order valence-corrected chi connectivity index (χ4v) is 3.80. The second kappa shape index (κ2) is 17.4. The van der Waals surface area contributed by atoms with E-state index in [0.29, 0.717) is 30.6 Å². The SMILES string of the molecule is CC(C)C(NC(=O)[C@H](CCCCNC(=O)OC(C)(C)C)NC(=O)OC(C)(C)C)C(=O)N[C@@H](C)C(=O)Nc1ccc(CO)cc1. The van der Waals surface area contributed by atoms with Crippen LogP contribution in [0.2, 0.25) is 0 Å². The first-order valence-electron chi connectivity index (χ1n) is 14.9. The third-order valence-corrected chi connectivity index (χ3v) is 6.00. The number of carbonyl (C=O) groups excluding carboxylic acids is 5. The molecular formula is C31H51N5O8. The number of amides is 5. The Balaban J connectivity index is 2.85. The number of aliphatic hydroxyl groups is 1. The van der Waals surface area contributed by atoms with Gasteiger partial charge in [-0.15, -0.1) is 0 Å². The standard InChI is InChI=1S/C31H51N5O8/c1-19(2)24(27(40)33-20(3)25(38)34-22-15-13-21(18-37)14-16-22)36-26(39)23(35-29(42)44-31(7,8)9)12-10-11-17-32-28(41)43-30(4,5)6/h13-16,19-20,23-24,37H,10-12,17-18H2,1-9H3,(H,32,41)(H,33,40)(H,34,38)(H,35,42)(H,36,39)/t20-,23-,24?/m0/s1. The van der Waals surface area contributed by atoms with Gasteiger partial charge < -0.3 is 41.2 Å². The number of alkyl carbamates (subject to hydrolysis) is 2. The quantitative estimate of drug-likeness (QED) is 0.171. The molecule has 0 heterocycles. The number of aliphatic hydroxyl groups excluding tert-OH is 1. The van der Waals surface area contributed by atoms with Gasteiger partial charge in [0.05, 0.1) is 6.61 Å². The van der Waals surface area contributed by atoms with Crippen molar-refractivity contribution >= 4 is 35.6 Å². The van der Waals surface area contributed by atoms with Crippen LogP contribution in [0.5, 0.6) is 0 Å². The van der Waals surface area contributed by atoms with Crippen molar-refractivity contribution in [3.05, 3.63) is 29.8 Å². The summed E-state index contributed by atoms with van der Waals surface area (Å²) in [6.45, 7) is 15.6. The number of benzene rings is 1. The third kappa shape index (κ3) is 15.6. The summed E-state index contributed by atoms with van der Waals surface area (Å²) < 4.78 is 10.5. The Hall–Kier alpha value is -3.87. The highest BCUT2D eigenvalue weighted by molar-refractivity contribution is 5.98. The predicted molar refractivity (Wildman–Crippen MR) is 167 cm³/mol. The Morgan fingerprint density at radius 1 is 0.750 bits per heavy atom. The normalized spacial score (nSPS) is 13.6. The minimum atomic E-state index is -1.02. The molecule has 0 saturated heterocycles. The smallest absolute Gasteiger partial charge is 0.408 e. The predicted octanol–water partition coefficient (Wildman–Crippen LogP) is 3.35. The Morgan fingerprint density at radius 2 is 1.32 bits per heavy atom. The molecule has 1 aromatic rings. The Bertz CT molecular complexity index is 1110. The van der Waals surface area contributed by atoms with Gasteiger partial charge in [0.2, 0.25) is 17.7 Å². The van der Waals surface area contributed by atoms with Crippen molar-refractivity contribution in [2.45, 2.75) is 118 Å². The van der Waals surface area contributed by atoms with Crippen LogP contribution in [0.15, 0.2) is 24.3 Å². The summed E-state index contributed by atoms with van der Waals surface area (Å²) in [5.41, 5.74) is -0.227. The molecule has 13 heteroatoms. The molecule has 0 aromatic heterocycles. The first kappa shape index (κ1) is 38.2. The summed E-state index contributed by atoms with van der Waals surface area (Å²) in [6.07, 6.45) is -0.165. The molecule has 0 aliphatic carbocycles. The van der Waals surface area contributed by atoms with Crippen LogP contribution in [-0.2, 0) is 30.5 Å². The molecule has 248 valence electrons. The van der Waals surface area contributed by atoms with Crippen LogP contribution in [-0.4, -0.2) is 70.9 Å². The summed E-state index contributed by atoms with van der Waals surface area (Å²) in [4.78, 5) is 63.6. The fourth-order valence-electron chi connectivity index (χ4n) is 3.80. The van der Waals surface area contributed by atoms with Crippen molar-refractivity contribution in [3.8, 4) is 0 Å². The maximum Gasteiger partial charge on any atom is 0.408 e. The summed E-state index contributed by atoms with van der Waals surface area (Å²) >= 11 is 0. The zero-order chi connectivity index (χ0) is 33.7.